The van der Waals surface area contributed by atoms with E-state index in [0.29, 0.717) is 18.8 Å². The van der Waals surface area contributed by atoms with E-state index in [1.807, 2.05) is 43.5 Å². The Bertz CT molecular complexity index is 1560. The summed E-state index contributed by atoms with van der Waals surface area (Å²) in [6, 6.07) is 17.7. The molecule has 2 aliphatic heterocycles. The van der Waals surface area contributed by atoms with Crippen molar-refractivity contribution in [1.82, 2.24) is 20.3 Å². The number of nitrogens with zero attached hydrogens (tertiary/aromatic N) is 5. The van der Waals surface area contributed by atoms with Crippen LogP contribution in [0.25, 0.3) is 22.2 Å². The number of ether oxygens (including phenoxy) is 1. The molecule has 1 N–H and O–H groups in total. The molecular weight excluding hydrogens is 464 g/mol. The maximum atomic E-state index is 12.9. The number of hydrogen-bond acceptors (Lipinski definition) is 7. The van der Waals surface area contributed by atoms with Crippen molar-refractivity contribution >= 4 is 22.6 Å². The molecule has 0 spiro atoms. The topological polar surface area (TPSA) is 104 Å². The fourth-order valence-electron chi connectivity index (χ4n) is 4.78. The molecule has 8 nitrogen and oxygen atoms in total. The van der Waals surface area contributed by atoms with Gasteiger partial charge in [0.15, 0.2) is 0 Å². The molecule has 1 atom stereocenters. The van der Waals surface area contributed by atoms with Crippen LogP contribution in [0.15, 0.2) is 60.9 Å². The van der Waals surface area contributed by atoms with Gasteiger partial charge in [0.1, 0.15) is 11.2 Å². The van der Waals surface area contributed by atoms with Gasteiger partial charge in [-0.05, 0) is 66.9 Å². The summed E-state index contributed by atoms with van der Waals surface area (Å²) in [4.78, 5) is 29.1. The van der Waals surface area contributed by atoms with E-state index in [1.165, 1.54) is 6.42 Å². The number of pyridine rings is 3. The van der Waals surface area contributed by atoms with Crippen LogP contribution in [-0.2, 0) is 23.3 Å². The Balaban J connectivity index is 1.20. The fourth-order valence-corrected chi connectivity index (χ4v) is 4.78. The van der Waals surface area contributed by atoms with Crippen LogP contribution < -0.4 is 10.2 Å². The van der Waals surface area contributed by atoms with Crippen LogP contribution in [0.5, 0.6) is 0 Å². The van der Waals surface area contributed by atoms with E-state index in [2.05, 4.69) is 32.3 Å². The maximum Gasteiger partial charge on any atom is 0.251 e. The standard InChI is InChI=1S/C29H26N6O2/c1-29(17-30)18-37-16-22-4-3-20(11-24(22)29)28(36)33-15-23-13-26-21(14-32-23)5-6-25(34-26)19-7-8-31-27(12-19)35-9-2-10-35/h3-8,11-14H,2,9-10,15-16,18H2,1H3,(H,33,36)/t29-/m1/s1. The Morgan fingerprint density at radius 2 is 2.05 bits per heavy atom. The molecule has 1 aromatic carbocycles. The van der Waals surface area contributed by atoms with Crippen molar-refractivity contribution < 1.29 is 9.53 Å². The second-order valence-electron chi connectivity index (χ2n) is 9.80. The Morgan fingerprint density at radius 1 is 1.16 bits per heavy atom. The van der Waals surface area contributed by atoms with Crippen molar-refractivity contribution in [3.8, 4) is 17.3 Å². The minimum absolute atomic E-state index is 0.214. The molecule has 8 heteroatoms. The van der Waals surface area contributed by atoms with Gasteiger partial charge in [0.25, 0.3) is 5.91 Å². The van der Waals surface area contributed by atoms with Gasteiger partial charge in [0.05, 0.1) is 42.7 Å². The quantitative estimate of drug-likeness (QED) is 0.448. The van der Waals surface area contributed by atoms with Crippen LogP contribution in [0.4, 0.5) is 5.82 Å². The first kappa shape index (κ1) is 23.1. The highest BCUT2D eigenvalue weighted by atomic mass is 16.5. The fraction of sp³-hybridized carbons (Fsp3) is 0.276. The number of rotatable bonds is 5. The van der Waals surface area contributed by atoms with Crippen molar-refractivity contribution in [2.24, 2.45) is 0 Å². The van der Waals surface area contributed by atoms with Gasteiger partial charge in [-0.1, -0.05) is 6.07 Å². The van der Waals surface area contributed by atoms with E-state index in [4.69, 9.17) is 9.72 Å². The molecule has 0 bridgehead atoms. The molecule has 2 aliphatic rings. The summed E-state index contributed by atoms with van der Waals surface area (Å²) in [6.45, 7) is 4.95. The number of aromatic nitrogens is 3. The number of nitrogens with one attached hydrogen (secondary N) is 1. The summed E-state index contributed by atoms with van der Waals surface area (Å²) >= 11 is 0. The molecule has 1 amide bonds. The predicted octanol–water partition coefficient (Wildman–Crippen LogP) is 4.14. The first-order valence-corrected chi connectivity index (χ1v) is 12.4. The van der Waals surface area contributed by atoms with Crippen LogP contribution >= 0.6 is 0 Å². The molecule has 184 valence electrons. The largest absolute Gasteiger partial charge is 0.375 e. The molecule has 1 saturated heterocycles. The van der Waals surface area contributed by atoms with E-state index in [9.17, 15) is 10.1 Å². The monoisotopic (exact) mass is 490 g/mol. The van der Waals surface area contributed by atoms with E-state index in [0.717, 1.165) is 57.9 Å². The van der Waals surface area contributed by atoms with Gasteiger partial charge < -0.3 is 15.0 Å². The summed E-state index contributed by atoms with van der Waals surface area (Å²) in [5, 5.41) is 13.5. The molecule has 37 heavy (non-hydrogen) atoms. The summed E-state index contributed by atoms with van der Waals surface area (Å²) in [5.74, 6) is 0.766. The number of hydrogen-bond donors (Lipinski definition) is 1. The number of carbonyl (C=O) groups is 1. The average Bonchev–Trinajstić information content (AvgIpc) is 2.90. The van der Waals surface area contributed by atoms with Crippen molar-refractivity contribution in [1.29, 1.82) is 5.26 Å². The zero-order valence-electron chi connectivity index (χ0n) is 20.6. The van der Waals surface area contributed by atoms with Crippen molar-refractivity contribution in [2.75, 3.05) is 24.6 Å². The van der Waals surface area contributed by atoms with E-state index in [-0.39, 0.29) is 12.5 Å². The molecule has 0 unspecified atom stereocenters. The number of amides is 1. The average molecular weight is 491 g/mol. The summed E-state index contributed by atoms with van der Waals surface area (Å²) in [6.07, 6.45) is 4.81. The molecule has 4 aromatic rings. The zero-order chi connectivity index (χ0) is 25.4. The van der Waals surface area contributed by atoms with Gasteiger partial charge in [-0.25, -0.2) is 9.97 Å². The molecule has 6 rings (SSSR count). The number of benzene rings is 1. The second kappa shape index (κ2) is 9.26. The third-order valence-electron chi connectivity index (χ3n) is 7.14. The lowest BCUT2D eigenvalue weighted by Gasteiger charge is -2.32. The van der Waals surface area contributed by atoms with Crippen molar-refractivity contribution in [2.45, 2.75) is 31.9 Å². The Hall–Kier alpha value is -4.35. The van der Waals surface area contributed by atoms with Crippen molar-refractivity contribution in [3.05, 3.63) is 83.3 Å². The zero-order valence-corrected chi connectivity index (χ0v) is 20.6. The van der Waals surface area contributed by atoms with E-state index < -0.39 is 5.41 Å². The minimum Gasteiger partial charge on any atom is -0.375 e. The van der Waals surface area contributed by atoms with Crippen LogP contribution in [0, 0.1) is 11.3 Å². The van der Waals surface area contributed by atoms with Crippen LogP contribution in [-0.4, -0.2) is 40.6 Å². The van der Waals surface area contributed by atoms with Gasteiger partial charge in [-0.3, -0.25) is 9.78 Å². The Morgan fingerprint density at radius 3 is 2.86 bits per heavy atom. The first-order chi connectivity index (χ1) is 18.0. The lowest BCUT2D eigenvalue weighted by molar-refractivity contribution is 0.0757. The highest BCUT2D eigenvalue weighted by Gasteiger charge is 2.33. The number of nitriles is 1. The number of anilines is 1. The molecule has 3 aromatic heterocycles. The van der Waals surface area contributed by atoms with Crippen molar-refractivity contribution in [3.63, 3.8) is 0 Å². The van der Waals surface area contributed by atoms with Gasteiger partial charge in [-0.15, -0.1) is 0 Å². The highest BCUT2D eigenvalue weighted by Crippen LogP contribution is 2.32. The third-order valence-corrected chi connectivity index (χ3v) is 7.14. The summed E-state index contributed by atoms with van der Waals surface area (Å²) in [5.41, 5.74) is 4.97. The van der Waals surface area contributed by atoms with Gasteiger partial charge in [0.2, 0.25) is 0 Å². The number of carbonyl (C=O) groups excluding carboxylic acids is 1. The summed E-state index contributed by atoms with van der Waals surface area (Å²) < 4.78 is 5.56. The van der Waals surface area contributed by atoms with Gasteiger partial charge >= 0.3 is 0 Å². The van der Waals surface area contributed by atoms with Crippen LogP contribution in [0.3, 0.4) is 0 Å². The normalized spacial score (nSPS) is 18.5. The van der Waals surface area contributed by atoms with Crippen LogP contribution in [0.2, 0.25) is 0 Å². The predicted molar refractivity (Wildman–Crippen MR) is 140 cm³/mol. The third kappa shape index (κ3) is 4.39. The van der Waals surface area contributed by atoms with Gasteiger partial charge in [-0.2, -0.15) is 5.26 Å². The first-order valence-electron chi connectivity index (χ1n) is 12.4. The highest BCUT2D eigenvalue weighted by molar-refractivity contribution is 5.94. The smallest absolute Gasteiger partial charge is 0.251 e. The molecule has 1 fully saturated rings. The minimum atomic E-state index is -0.766. The number of fused-ring (bicyclic) bond motifs is 2. The molecule has 0 saturated carbocycles. The molecule has 0 radical (unpaired) electrons. The SMILES string of the molecule is C[C@@]1(C#N)COCc2ccc(C(=O)NCc3cc4nc(-c5ccnc(N6CCC6)c5)ccc4cn3)cc21. The molecular formula is C29H26N6O2. The second-order valence-corrected chi connectivity index (χ2v) is 9.80. The Kier molecular flexibility index (Phi) is 5.78. The Labute approximate surface area is 215 Å². The lowest BCUT2D eigenvalue weighted by Crippen LogP contribution is -2.37. The summed E-state index contributed by atoms with van der Waals surface area (Å²) in [7, 11) is 0. The lowest BCUT2D eigenvalue weighted by atomic mass is 9.79. The molecule has 5 heterocycles. The molecule has 0 aliphatic carbocycles. The van der Waals surface area contributed by atoms with E-state index >= 15 is 0 Å². The van der Waals surface area contributed by atoms with E-state index in [1.54, 1.807) is 18.3 Å². The van der Waals surface area contributed by atoms with Gasteiger partial charge in [0, 0.05) is 42.0 Å². The van der Waals surface area contributed by atoms with Crippen LogP contribution in [0.1, 0.15) is 40.5 Å². The maximum absolute atomic E-state index is 12.9.